The van der Waals surface area contributed by atoms with E-state index in [2.05, 4.69) is 25.3 Å². The maximum atomic E-state index is 12.0. The van der Waals surface area contributed by atoms with Gasteiger partial charge in [-0.3, -0.25) is 4.99 Å². The lowest BCUT2D eigenvalue weighted by atomic mass is 10.2. The van der Waals surface area contributed by atoms with Crippen molar-refractivity contribution < 1.29 is 8.42 Å². The van der Waals surface area contributed by atoms with E-state index in [9.17, 15) is 8.42 Å². The molecule has 27 heavy (non-hydrogen) atoms. The van der Waals surface area contributed by atoms with Gasteiger partial charge in [0, 0.05) is 25.8 Å². The highest BCUT2D eigenvalue weighted by Crippen LogP contribution is 2.14. The van der Waals surface area contributed by atoms with E-state index < -0.39 is 10.0 Å². The molecule has 0 aromatic carbocycles. The van der Waals surface area contributed by atoms with Crippen molar-refractivity contribution in [3.63, 3.8) is 0 Å². The number of guanidine groups is 1. The highest BCUT2D eigenvalue weighted by molar-refractivity contribution is 14.0. The van der Waals surface area contributed by atoms with E-state index in [1.807, 2.05) is 13.0 Å². The van der Waals surface area contributed by atoms with Crippen LogP contribution < -0.4 is 15.4 Å². The van der Waals surface area contributed by atoms with Crippen molar-refractivity contribution in [2.75, 3.05) is 26.2 Å². The summed E-state index contributed by atoms with van der Waals surface area (Å²) in [5.74, 6) is 0.643. The second-order valence-corrected chi connectivity index (χ2v) is 8.59. The van der Waals surface area contributed by atoms with Crippen LogP contribution in [0, 0.1) is 0 Å². The second-order valence-electron chi connectivity index (χ2n) is 5.26. The fourth-order valence-electron chi connectivity index (χ4n) is 2.06. The first-order valence-corrected chi connectivity index (χ1v) is 10.9. The number of nitrogens with zero attached hydrogens (tertiary/aromatic N) is 2. The van der Waals surface area contributed by atoms with Gasteiger partial charge in [-0.1, -0.05) is 23.7 Å². The molecule has 150 valence electrons. The van der Waals surface area contributed by atoms with E-state index in [0.717, 1.165) is 18.5 Å². The molecule has 0 radical (unpaired) electrons. The SMILES string of the molecule is CCNC(=NCCNS(=O)(=O)c1cccs1)NCCc1ccc(Cl)nc1.I. The van der Waals surface area contributed by atoms with Gasteiger partial charge in [-0.15, -0.1) is 35.3 Å². The number of aliphatic imine (C=N–C) groups is 1. The Balaban J connectivity index is 0.00000364. The number of sulfonamides is 1. The van der Waals surface area contributed by atoms with E-state index in [-0.39, 0.29) is 30.5 Å². The van der Waals surface area contributed by atoms with Gasteiger partial charge in [0.15, 0.2) is 5.96 Å². The third-order valence-corrected chi connectivity index (χ3v) is 6.35. The molecular formula is C16H23ClIN5O2S2. The Bertz CT molecular complexity index is 799. The maximum absolute atomic E-state index is 12.0. The lowest BCUT2D eigenvalue weighted by molar-refractivity contribution is 0.584. The summed E-state index contributed by atoms with van der Waals surface area (Å²) < 4.78 is 26.9. The molecule has 11 heteroatoms. The summed E-state index contributed by atoms with van der Waals surface area (Å²) in [4.78, 5) is 8.42. The molecule has 0 saturated heterocycles. The van der Waals surface area contributed by atoms with Crippen LogP contribution in [-0.2, 0) is 16.4 Å². The van der Waals surface area contributed by atoms with Crippen molar-refractivity contribution in [1.82, 2.24) is 20.3 Å². The quantitative estimate of drug-likeness (QED) is 0.149. The first-order chi connectivity index (χ1) is 12.5. The molecule has 7 nitrogen and oxygen atoms in total. The Morgan fingerprint density at radius 2 is 2.07 bits per heavy atom. The van der Waals surface area contributed by atoms with Crippen molar-refractivity contribution in [2.45, 2.75) is 17.6 Å². The lowest BCUT2D eigenvalue weighted by Gasteiger charge is -2.11. The van der Waals surface area contributed by atoms with E-state index in [0.29, 0.717) is 28.4 Å². The molecule has 2 rings (SSSR count). The van der Waals surface area contributed by atoms with Crippen molar-refractivity contribution in [1.29, 1.82) is 0 Å². The Morgan fingerprint density at radius 3 is 2.70 bits per heavy atom. The minimum atomic E-state index is -3.44. The van der Waals surface area contributed by atoms with Gasteiger partial charge in [0.05, 0.1) is 6.54 Å². The Kier molecular flexibility index (Phi) is 11.1. The standard InChI is InChI=1S/C16H22ClN5O2S2.HI/c1-2-18-16(19-8-7-13-5-6-14(17)21-12-13)20-9-10-22-26(23,24)15-4-3-11-25-15;/h3-6,11-12,22H,2,7-10H2,1H3,(H2,18,19,20);1H. The Labute approximate surface area is 186 Å². The van der Waals surface area contributed by atoms with Crippen LogP contribution in [0.5, 0.6) is 0 Å². The maximum Gasteiger partial charge on any atom is 0.250 e. The van der Waals surface area contributed by atoms with Crippen LogP contribution in [0.1, 0.15) is 12.5 Å². The predicted octanol–water partition coefficient (Wildman–Crippen LogP) is 2.49. The van der Waals surface area contributed by atoms with Crippen LogP contribution in [0.4, 0.5) is 0 Å². The van der Waals surface area contributed by atoms with E-state index in [1.165, 1.54) is 11.3 Å². The van der Waals surface area contributed by atoms with Crippen molar-refractivity contribution in [3.05, 3.63) is 46.6 Å². The number of nitrogens with one attached hydrogen (secondary N) is 3. The largest absolute Gasteiger partial charge is 0.357 e. The van der Waals surface area contributed by atoms with Gasteiger partial charge in [-0.2, -0.15) is 0 Å². The van der Waals surface area contributed by atoms with Crippen LogP contribution >= 0.6 is 46.9 Å². The van der Waals surface area contributed by atoms with Crippen molar-refractivity contribution in [3.8, 4) is 0 Å². The van der Waals surface area contributed by atoms with E-state index in [1.54, 1.807) is 29.8 Å². The molecule has 3 N–H and O–H groups in total. The smallest absolute Gasteiger partial charge is 0.250 e. The summed E-state index contributed by atoms with van der Waals surface area (Å²) in [6.07, 6.45) is 2.52. The Morgan fingerprint density at radius 1 is 1.26 bits per heavy atom. The lowest BCUT2D eigenvalue weighted by Crippen LogP contribution is -2.39. The molecule has 2 heterocycles. The average molecular weight is 544 g/mol. The van der Waals surface area contributed by atoms with E-state index in [4.69, 9.17) is 11.6 Å². The average Bonchev–Trinajstić information content (AvgIpc) is 3.16. The monoisotopic (exact) mass is 543 g/mol. The summed E-state index contributed by atoms with van der Waals surface area (Å²) in [5.41, 5.74) is 1.07. The summed E-state index contributed by atoms with van der Waals surface area (Å²) in [6, 6.07) is 6.98. The zero-order chi connectivity index (χ0) is 18.8. The Hall–Kier alpha value is -0.950. The third kappa shape index (κ3) is 8.73. The molecule has 2 aromatic rings. The van der Waals surface area contributed by atoms with Gasteiger partial charge in [-0.05, 0) is 36.4 Å². The van der Waals surface area contributed by atoms with Crippen LogP contribution in [0.25, 0.3) is 0 Å². The number of pyridine rings is 1. The molecule has 0 aliphatic carbocycles. The van der Waals surface area contributed by atoms with Crippen LogP contribution in [0.3, 0.4) is 0 Å². The summed E-state index contributed by atoms with van der Waals surface area (Å²) in [5, 5.41) is 8.55. The number of aromatic nitrogens is 1. The molecule has 0 unspecified atom stereocenters. The van der Waals surface area contributed by atoms with Gasteiger partial charge < -0.3 is 10.6 Å². The van der Waals surface area contributed by atoms with Crippen LogP contribution in [-0.4, -0.2) is 45.5 Å². The number of hydrogen-bond donors (Lipinski definition) is 3. The number of hydrogen-bond acceptors (Lipinski definition) is 5. The van der Waals surface area contributed by atoms with Crippen LogP contribution in [0.15, 0.2) is 45.0 Å². The molecule has 0 spiro atoms. The van der Waals surface area contributed by atoms with Crippen molar-refractivity contribution in [2.24, 2.45) is 4.99 Å². The normalized spacial score (nSPS) is 11.7. The molecule has 0 atom stereocenters. The fraction of sp³-hybridized carbons (Fsp3) is 0.375. The van der Waals surface area contributed by atoms with Gasteiger partial charge >= 0.3 is 0 Å². The molecule has 0 amide bonds. The number of thiophene rings is 1. The third-order valence-electron chi connectivity index (χ3n) is 3.27. The first kappa shape index (κ1) is 24.1. The second kappa shape index (κ2) is 12.5. The molecular weight excluding hydrogens is 521 g/mol. The van der Waals surface area contributed by atoms with Gasteiger partial charge in [0.25, 0.3) is 0 Å². The minimum absolute atomic E-state index is 0. The molecule has 0 bridgehead atoms. The number of rotatable bonds is 9. The molecule has 0 aliphatic heterocycles. The van der Waals surface area contributed by atoms with E-state index >= 15 is 0 Å². The fourth-order valence-corrected chi connectivity index (χ4v) is 4.23. The highest BCUT2D eigenvalue weighted by atomic mass is 127. The first-order valence-electron chi connectivity index (χ1n) is 8.17. The molecule has 0 aliphatic rings. The number of halogens is 2. The zero-order valence-electron chi connectivity index (χ0n) is 14.8. The zero-order valence-corrected chi connectivity index (χ0v) is 19.5. The van der Waals surface area contributed by atoms with Gasteiger partial charge in [-0.25, -0.2) is 18.1 Å². The highest BCUT2D eigenvalue weighted by Gasteiger charge is 2.13. The predicted molar refractivity (Wildman–Crippen MR) is 122 cm³/mol. The molecule has 2 aromatic heterocycles. The van der Waals surface area contributed by atoms with Crippen LogP contribution in [0.2, 0.25) is 5.15 Å². The summed E-state index contributed by atoms with van der Waals surface area (Å²) in [7, 11) is -3.44. The van der Waals surface area contributed by atoms with Gasteiger partial charge in [0.2, 0.25) is 10.0 Å². The minimum Gasteiger partial charge on any atom is -0.357 e. The molecule has 0 fully saturated rings. The molecule has 0 saturated carbocycles. The summed E-state index contributed by atoms with van der Waals surface area (Å²) in [6.45, 7) is 3.94. The van der Waals surface area contributed by atoms with Gasteiger partial charge in [0.1, 0.15) is 9.36 Å². The van der Waals surface area contributed by atoms with Crippen molar-refractivity contribution >= 4 is 62.9 Å². The summed E-state index contributed by atoms with van der Waals surface area (Å²) >= 11 is 6.96. The topological polar surface area (TPSA) is 95.5 Å².